The Morgan fingerprint density at radius 3 is 0.557 bits per heavy atom. The second kappa shape index (κ2) is 31.6. The molecule has 24 nitrogen and oxygen atoms in total. The maximum atomic E-state index is 10.2. The SMILES string of the molecule is C[Si](C)(C)[O-].C[Si](C)(C)[O-].Cn1ccnc1.Cn1ccnc1.[Cl-].[Cl-].[O-2].[O-2].[Re].[Re].c1cnn([B-](n2cccn2)(n2cccn2)n2cccn2)c1.c1cnn([B-](n2cccn2)(n2cccn2)n2cccn2)c1. The molecule has 0 bridgehead atoms. The quantitative estimate of drug-likeness (QED) is 0.131. The maximum absolute atomic E-state index is 10.2. The summed E-state index contributed by atoms with van der Waals surface area (Å²) < 4.78 is 18.3. The van der Waals surface area contributed by atoms with Crippen LogP contribution in [0.4, 0.5) is 0 Å². The summed E-state index contributed by atoms with van der Waals surface area (Å²) in [6, 6.07) is 14.9. The number of rotatable bonds is 8. The van der Waals surface area contributed by atoms with E-state index in [0.29, 0.717) is 0 Å². The van der Waals surface area contributed by atoms with Gasteiger partial charge in [-0.1, -0.05) is 55.9 Å². The first-order valence-electron chi connectivity index (χ1n) is 20.2. The van der Waals surface area contributed by atoms with Crippen molar-refractivity contribution < 1.29 is 86.2 Å². The minimum Gasteiger partial charge on any atom is -2.00 e. The van der Waals surface area contributed by atoms with Gasteiger partial charge >= 0.3 is 13.4 Å². The Kier molecular flexibility index (Phi) is 30.0. The zero-order valence-corrected chi connectivity index (χ0v) is 48.5. The first kappa shape index (κ1) is 66.5. The maximum Gasteiger partial charge on any atom is 0.466 e. The average molecular weight is 1380 g/mol. The number of halogens is 2. The minimum absolute atomic E-state index is 0. The normalized spacial score (nSPS) is 10.3. The largest absolute Gasteiger partial charge is 2.00 e. The van der Waals surface area contributed by atoms with Crippen LogP contribution in [0.25, 0.3) is 0 Å². The van der Waals surface area contributed by atoms with Crippen LogP contribution >= 0.6 is 0 Å². The van der Waals surface area contributed by atoms with Crippen LogP contribution in [0, 0.1) is 0 Å². The van der Waals surface area contributed by atoms with Gasteiger partial charge in [-0.15, -0.1) is 0 Å². The molecule has 0 fully saturated rings. The Labute approximate surface area is 448 Å². The molecule has 0 unspecified atom stereocenters. The number of imidazole rings is 2. The molecule has 10 rings (SSSR count). The number of hydrogen-bond donors (Lipinski definition) is 0. The molecule has 2 radical (unpaired) electrons. The smallest absolute Gasteiger partial charge is 0.466 e. The van der Waals surface area contributed by atoms with Gasteiger partial charge in [0.25, 0.3) is 0 Å². The van der Waals surface area contributed by atoms with Crippen molar-refractivity contribution in [2.24, 2.45) is 14.1 Å². The standard InChI is InChI=1S/2C12H12BN8.2C4H6N2.2C3H9OSi.2ClH.2O.2Re/c2*1-5-14-18(9-1)13(19-10-2-6-15-19,20-11-3-7-16-20)21-12-4-8-17-21;2*1-6-3-2-5-4-6;2*1-5(2,3)4;;;;;;/h2*1-12H;2*2-4H,1H3;2*1-3H3;2*1H;;;;/q2*-1;;;2*-1;;;2*-2;;/p-2. The molecule has 10 heterocycles. The van der Waals surface area contributed by atoms with Gasteiger partial charge in [0.1, 0.15) is 0 Å². The Balaban J connectivity index is 0. The van der Waals surface area contributed by atoms with Gasteiger partial charge in [0, 0.05) is 129 Å². The number of aryl methyl sites for hydroxylation is 2. The Morgan fingerprint density at radius 2 is 0.486 bits per heavy atom. The van der Waals surface area contributed by atoms with E-state index in [0.717, 1.165) is 0 Å². The van der Waals surface area contributed by atoms with Crippen LogP contribution in [-0.2, 0) is 65.9 Å². The molecular weight excluding hydrogens is 1320 g/mol. The van der Waals surface area contributed by atoms with E-state index >= 15 is 0 Å². The molecule has 382 valence electrons. The van der Waals surface area contributed by atoms with Gasteiger partial charge in [-0.2, -0.15) is 0 Å². The van der Waals surface area contributed by atoms with Crippen LogP contribution in [-0.4, -0.2) is 127 Å². The second-order valence-electron chi connectivity index (χ2n) is 16.0. The van der Waals surface area contributed by atoms with Gasteiger partial charge in [0.15, 0.2) is 0 Å². The summed E-state index contributed by atoms with van der Waals surface area (Å²) >= 11 is 0. The van der Waals surface area contributed by atoms with Gasteiger partial charge in [-0.25, -0.2) is 50.8 Å². The summed E-state index contributed by atoms with van der Waals surface area (Å²) in [6.07, 6.45) is 39.7. The molecule has 0 aliphatic rings. The van der Waals surface area contributed by atoms with E-state index in [1.165, 1.54) is 0 Å². The fourth-order valence-electron chi connectivity index (χ4n) is 5.99. The van der Waals surface area contributed by atoms with E-state index in [-0.39, 0.29) is 76.6 Å². The predicted octanol–water partition coefficient (Wildman–Crippen LogP) is -4.23. The molecule has 32 heteroatoms. The molecule has 0 saturated carbocycles. The molecule has 0 aliphatic heterocycles. The third-order valence-corrected chi connectivity index (χ3v) is 8.31. The minimum atomic E-state index is -1.86. The Hall–Kier alpha value is -5.59. The van der Waals surface area contributed by atoms with Crippen molar-refractivity contribution in [1.82, 2.24) is 96.6 Å². The van der Waals surface area contributed by atoms with Crippen molar-refractivity contribution in [3.63, 3.8) is 0 Å². The van der Waals surface area contributed by atoms with Crippen molar-refractivity contribution in [1.29, 1.82) is 0 Å². The molecule has 0 N–H and O–H groups in total. The molecule has 0 atom stereocenters. The van der Waals surface area contributed by atoms with E-state index in [2.05, 4.69) is 50.8 Å². The topological polar surface area (TPSA) is 281 Å². The third-order valence-electron chi connectivity index (χ3n) is 8.31. The summed E-state index contributed by atoms with van der Waals surface area (Å²) in [5, 5.41) is 35.3. The summed E-state index contributed by atoms with van der Waals surface area (Å²) in [5.74, 6) is 0. The molecule has 10 aromatic heterocycles. The van der Waals surface area contributed by atoms with E-state index in [1.807, 2.05) is 170 Å². The molecule has 0 aliphatic carbocycles. The monoisotopic (exact) mass is 1380 g/mol. The van der Waals surface area contributed by atoms with Crippen molar-refractivity contribution in [3.05, 3.63) is 185 Å². The molecular formula is C38H54B2Cl2N20O4Re2Si2-10. The molecule has 0 aromatic carbocycles. The van der Waals surface area contributed by atoms with Gasteiger partial charge in [-0.3, -0.25) is 0 Å². The molecule has 10 aromatic rings. The summed E-state index contributed by atoms with van der Waals surface area (Å²) in [5.41, 5.74) is 0. The van der Waals surface area contributed by atoms with E-state index < -0.39 is 30.0 Å². The Bertz CT molecular complexity index is 2160. The zero-order valence-electron chi connectivity index (χ0n) is 39.6. The fraction of sp³-hybridized carbons (Fsp3) is 0.211. The molecule has 0 amide bonds. The van der Waals surface area contributed by atoms with Gasteiger partial charge in [0.2, 0.25) is 0 Å². The van der Waals surface area contributed by atoms with Gasteiger partial charge in [-0.05, 0) is 98.1 Å². The number of hydrogen-bond acceptors (Lipinski definition) is 12. The third kappa shape index (κ3) is 18.6. The number of nitrogens with zero attached hydrogens (tertiary/aromatic N) is 20. The van der Waals surface area contributed by atoms with Crippen molar-refractivity contribution in [2.45, 2.75) is 39.3 Å². The van der Waals surface area contributed by atoms with Crippen LogP contribution in [0.2, 0.25) is 39.3 Å². The van der Waals surface area contributed by atoms with Crippen LogP contribution in [0.3, 0.4) is 0 Å². The summed E-state index contributed by atoms with van der Waals surface area (Å²) in [6.45, 7) is 6.96. The zero-order chi connectivity index (χ0) is 46.1. The van der Waals surface area contributed by atoms with Crippen LogP contribution in [0.5, 0.6) is 0 Å². The summed E-state index contributed by atoms with van der Waals surface area (Å²) in [7, 11) is 0.153. The van der Waals surface area contributed by atoms with E-state index in [4.69, 9.17) is 0 Å². The van der Waals surface area contributed by atoms with Crippen LogP contribution < -0.4 is 34.4 Å². The fourth-order valence-corrected chi connectivity index (χ4v) is 5.99. The molecule has 0 spiro atoms. The molecule has 0 saturated heterocycles. The van der Waals surface area contributed by atoms with Crippen molar-refractivity contribution >= 4 is 30.0 Å². The van der Waals surface area contributed by atoms with Crippen molar-refractivity contribution in [3.8, 4) is 0 Å². The van der Waals surface area contributed by atoms with E-state index in [1.54, 1.807) is 114 Å². The predicted molar refractivity (Wildman–Crippen MR) is 247 cm³/mol. The summed E-state index contributed by atoms with van der Waals surface area (Å²) in [4.78, 5) is 28.1. The van der Waals surface area contributed by atoms with Gasteiger partial charge in [0.05, 0.1) is 12.7 Å². The van der Waals surface area contributed by atoms with Crippen molar-refractivity contribution in [2.75, 3.05) is 0 Å². The number of aromatic nitrogens is 20. The van der Waals surface area contributed by atoms with E-state index in [9.17, 15) is 9.59 Å². The van der Waals surface area contributed by atoms with Crippen LogP contribution in [0.1, 0.15) is 0 Å². The second-order valence-corrected chi connectivity index (χ2v) is 24.4. The van der Waals surface area contributed by atoms with Gasteiger partial charge < -0.3 is 91.2 Å². The van der Waals surface area contributed by atoms with Crippen LogP contribution in [0.15, 0.2) is 185 Å². The molecule has 70 heavy (non-hydrogen) atoms. The first-order chi connectivity index (χ1) is 30.6. The first-order valence-corrected chi connectivity index (χ1v) is 27.0. The average Bonchev–Trinajstić information content (AvgIpc) is 4.10. The Morgan fingerprint density at radius 1 is 0.329 bits per heavy atom.